The normalized spacial score (nSPS) is 13.6. The van der Waals surface area contributed by atoms with Crippen LogP contribution in [0, 0.1) is 0 Å². The fraction of sp³-hybridized carbons (Fsp3) is 0.961. The third kappa shape index (κ3) is 46.9. The van der Waals surface area contributed by atoms with Crippen molar-refractivity contribution in [3.63, 3.8) is 0 Å². The van der Waals surface area contributed by atoms with Crippen molar-refractivity contribution in [1.29, 1.82) is 0 Å². The topological polar surface area (TPSA) is 149 Å². The van der Waals surface area contributed by atoms with Gasteiger partial charge in [-0.25, -0.2) is 4.57 Å². The first-order chi connectivity index (χ1) is 30.2. The van der Waals surface area contributed by atoms with E-state index >= 15 is 0 Å². The molecular weight excluding hydrogens is 804 g/mol. The highest BCUT2D eigenvalue weighted by atomic mass is 31.2. The Kier molecular flexibility index (Phi) is 47.1. The van der Waals surface area contributed by atoms with Gasteiger partial charge in [-0.05, 0) is 12.8 Å². The van der Waals surface area contributed by atoms with Gasteiger partial charge in [-0.2, -0.15) is 0 Å². The van der Waals surface area contributed by atoms with Gasteiger partial charge in [-0.3, -0.25) is 18.6 Å². The smallest absolute Gasteiger partial charge is 0.462 e. The second-order valence-corrected chi connectivity index (χ2v) is 19.7. The summed E-state index contributed by atoms with van der Waals surface area (Å²) in [6.07, 6.45) is 47.9. The Morgan fingerprint density at radius 1 is 0.419 bits per heavy atom. The molecule has 0 spiro atoms. The van der Waals surface area contributed by atoms with Crippen LogP contribution in [-0.2, 0) is 32.7 Å². The summed E-state index contributed by atoms with van der Waals surface area (Å²) >= 11 is 0. The van der Waals surface area contributed by atoms with Crippen molar-refractivity contribution in [2.75, 3.05) is 26.4 Å². The number of phosphoric ester groups is 1. The van der Waals surface area contributed by atoms with Crippen LogP contribution in [0.25, 0.3) is 0 Å². The fourth-order valence-corrected chi connectivity index (χ4v) is 8.73. The summed E-state index contributed by atoms with van der Waals surface area (Å²) in [4.78, 5) is 35.2. The Hall–Kier alpha value is -1.03. The van der Waals surface area contributed by atoms with Gasteiger partial charge in [0.05, 0.1) is 19.8 Å². The second kappa shape index (κ2) is 47.9. The van der Waals surface area contributed by atoms with E-state index < -0.39 is 51.8 Å². The van der Waals surface area contributed by atoms with E-state index in [0.717, 1.165) is 32.1 Å². The lowest BCUT2D eigenvalue weighted by atomic mass is 10.0. The van der Waals surface area contributed by atoms with Crippen LogP contribution in [0.15, 0.2) is 0 Å². The molecule has 0 radical (unpaired) electrons. The molecule has 62 heavy (non-hydrogen) atoms. The number of aliphatic hydroxyl groups is 2. The number of hydrogen-bond acceptors (Lipinski definition) is 9. The Morgan fingerprint density at radius 2 is 0.694 bits per heavy atom. The minimum absolute atomic E-state index is 0.193. The number of aliphatic hydroxyl groups excluding tert-OH is 2. The zero-order valence-corrected chi connectivity index (χ0v) is 41.5. The van der Waals surface area contributed by atoms with Crippen molar-refractivity contribution in [3.05, 3.63) is 0 Å². The molecule has 0 heterocycles. The molecular formula is C51H101O10P. The molecule has 0 aliphatic rings. The van der Waals surface area contributed by atoms with E-state index in [9.17, 15) is 24.2 Å². The van der Waals surface area contributed by atoms with Crippen LogP contribution >= 0.6 is 7.82 Å². The van der Waals surface area contributed by atoms with E-state index in [-0.39, 0.29) is 19.4 Å². The van der Waals surface area contributed by atoms with Crippen LogP contribution in [0.1, 0.15) is 277 Å². The average Bonchev–Trinajstić information content (AvgIpc) is 3.26. The Balaban J connectivity index is 4.10. The molecule has 0 aliphatic carbocycles. The van der Waals surface area contributed by atoms with Crippen molar-refractivity contribution < 1.29 is 47.8 Å². The van der Waals surface area contributed by atoms with Crippen LogP contribution < -0.4 is 0 Å². The van der Waals surface area contributed by atoms with Gasteiger partial charge in [0.2, 0.25) is 0 Å². The van der Waals surface area contributed by atoms with Gasteiger partial charge in [0.15, 0.2) is 6.10 Å². The molecule has 0 rings (SSSR count). The first-order valence-corrected chi connectivity index (χ1v) is 28.0. The number of rotatable bonds is 51. The number of ether oxygens (including phenoxy) is 2. The molecule has 370 valence electrons. The Morgan fingerprint density at radius 3 is 1.00 bits per heavy atom. The van der Waals surface area contributed by atoms with Crippen molar-refractivity contribution in [2.45, 2.75) is 289 Å². The number of esters is 2. The fourth-order valence-electron chi connectivity index (χ4n) is 7.94. The molecule has 0 saturated heterocycles. The van der Waals surface area contributed by atoms with E-state index in [1.165, 1.54) is 205 Å². The molecule has 10 nitrogen and oxygen atoms in total. The van der Waals surface area contributed by atoms with Crippen LogP contribution in [0.3, 0.4) is 0 Å². The van der Waals surface area contributed by atoms with E-state index in [4.69, 9.17) is 23.6 Å². The summed E-state index contributed by atoms with van der Waals surface area (Å²) in [5.41, 5.74) is 0. The van der Waals surface area contributed by atoms with Crippen LogP contribution in [0.5, 0.6) is 0 Å². The van der Waals surface area contributed by atoms with Gasteiger partial charge >= 0.3 is 19.8 Å². The highest BCUT2D eigenvalue weighted by molar-refractivity contribution is 7.47. The van der Waals surface area contributed by atoms with Gasteiger partial charge in [-0.1, -0.05) is 251 Å². The lowest BCUT2D eigenvalue weighted by Gasteiger charge is -2.20. The van der Waals surface area contributed by atoms with Crippen LogP contribution in [0.4, 0.5) is 0 Å². The van der Waals surface area contributed by atoms with E-state index in [0.29, 0.717) is 12.8 Å². The number of carbonyl (C=O) groups is 2. The number of unbranched alkanes of at least 4 members (excludes halogenated alkanes) is 37. The first-order valence-electron chi connectivity index (χ1n) is 26.5. The minimum Gasteiger partial charge on any atom is -0.462 e. The predicted octanol–water partition coefficient (Wildman–Crippen LogP) is 15.0. The lowest BCUT2D eigenvalue weighted by Crippen LogP contribution is -2.29. The van der Waals surface area contributed by atoms with Gasteiger partial charge < -0.3 is 24.6 Å². The molecule has 3 N–H and O–H groups in total. The molecule has 0 aliphatic heterocycles. The maximum absolute atomic E-state index is 12.7. The molecule has 0 bridgehead atoms. The zero-order valence-electron chi connectivity index (χ0n) is 40.6. The van der Waals surface area contributed by atoms with E-state index in [1.54, 1.807) is 0 Å². The van der Waals surface area contributed by atoms with Gasteiger partial charge in [-0.15, -0.1) is 0 Å². The molecule has 3 unspecified atom stereocenters. The largest absolute Gasteiger partial charge is 0.472 e. The Bertz CT molecular complexity index is 998. The summed E-state index contributed by atoms with van der Waals surface area (Å²) in [5.74, 6) is -0.901. The third-order valence-electron chi connectivity index (χ3n) is 12.0. The maximum Gasteiger partial charge on any atom is 0.472 e. The highest BCUT2D eigenvalue weighted by Gasteiger charge is 2.27. The van der Waals surface area contributed by atoms with Crippen molar-refractivity contribution in [3.8, 4) is 0 Å². The van der Waals surface area contributed by atoms with Crippen molar-refractivity contribution >= 4 is 19.8 Å². The molecule has 0 amide bonds. The molecule has 11 heteroatoms. The molecule has 0 fully saturated rings. The van der Waals surface area contributed by atoms with E-state index in [1.807, 2.05) is 0 Å². The number of phosphoric acid groups is 1. The van der Waals surface area contributed by atoms with Crippen LogP contribution in [-0.4, -0.2) is 65.7 Å². The zero-order chi connectivity index (χ0) is 45.5. The second-order valence-electron chi connectivity index (χ2n) is 18.3. The molecule has 0 aromatic carbocycles. The lowest BCUT2D eigenvalue weighted by molar-refractivity contribution is -0.161. The van der Waals surface area contributed by atoms with Crippen molar-refractivity contribution in [1.82, 2.24) is 0 Å². The SMILES string of the molecule is CCCCCCCCCCCCCCCCCCCCCCCC(=O)OC(COC(=O)CCCCCCCCCCCCCCCCCCCC)COP(=O)(O)OCC(O)CO. The molecule has 0 aromatic rings. The quantitative estimate of drug-likeness (QED) is 0.0306. The summed E-state index contributed by atoms with van der Waals surface area (Å²) in [6, 6.07) is 0. The number of carbonyl (C=O) groups excluding carboxylic acids is 2. The van der Waals surface area contributed by atoms with Gasteiger partial charge in [0.25, 0.3) is 0 Å². The summed E-state index contributed by atoms with van der Waals surface area (Å²) in [5, 5.41) is 18.4. The first kappa shape index (κ1) is 61.0. The Labute approximate surface area is 382 Å². The maximum atomic E-state index is 12.7. The average molecular weight is 905 g/mol. The summed E-state index contributed by atoms with van der Waals surface area (Å²) in [7, 11) is -4.62. The van der Waals surface area contributed by atoms with Gasteiger partial charge in [0, 0.05) is 12.8 Å². The summed E-state index contributed by atoms with van der Waals surface area (Å²) in [6.45, 7) is 2.46. The predicted molar refractivity (Wildman–Crippen MR) is 256 cm³/mol. The molecule has 0 aromatic heterocycles. The molecule has 3 atom stereocenters. The van der Waals surface area contributed by atoms with E-state index in [2.05, 4.69) is 13.8 Å². The summed E-state index contributed by atoms with van der Waals surface area (Å²) < 4.78 is 32.9. The van der Waals surface area contributed by atoms with Crippen LogP contribution in [0.2, 0.25) is 0 Å². The molecule has 0 saturated carbocycles. The minimum atomic E-state index is -4.62. The monoisotopic (exact) mass is 905 g/mol. The number of hydrogen-bond donors (Lipinski definition) is 3. The standard InChI is InChI=1S/C51H101O10P/c1-3-5-7-9-11-13-15-17-19-21-23-24-25-27-29-31-33-35-37-39-41-43-51(55)61-49(47-60-62(56,57)59-45-48(53)44-52)46-58-50(54)42-40-38-36-34-32-30-28-26-22-20-18-16-14-12-10-8-6-4-2/h48-49,52-53H,3-47H2,1-2H3,(H,56,57). The van der Waals surface area contributed by atoms with Crippen molar-refractivity contribution in [2.24, 2.45) is 0 Å². The van der Waals surface area contributed by atoms with Gasteiger partial charge in [0.1, 0.15) is 12.7 Å². The third-order valence-corrected chi connectivity index (χ3v) is 13.0. The highest BCUT2D eigenvalue weighted by Crippen LogP contribution is 2.43.